The van der Waals surface area contributed by atoms with Crippen LogP contribution in [0.15, 0.2) is 30.5 Å². The maximum Gasteiger partial charge on any atom is 0.337 e. The number of carboxylic acids is 1. The van der Waals surface area contributed by atoms with Crippen LogP contribution in [0.4, 0.5) is 5.82 Å². The number of nitrogens with zero attached hydrogens (tertiary/aromatic N) is 2. The standard InChI is InChI=1S/C15H16N2O3/c18-10-4-3-7-17(9-10)14-12-6-2-1-5-11(12)13(8-16-14)15(19)20/h1-2,5-6,8,10,18H,3-4,7,9H2,(H,19,20). The molecule has 1 aliphatic rings. The molecule has 2 N–H and O–H groups in total. The zero-order valence-corrected chi connectivity index (χ0v) is 11.0. The van der Waals surface area contributed by atoms with Gasteiger partial charge in [-0.05, 0) is 12.8 Å². The molecule has 0 amide bonds. The number of aliphatic hydroxyl groups is 1. The fourth-order valence-electron chi connectivity index (χ4n) is 2.75. The van der Waals surface area contributed by atoms with Crippen LogP contribution in [0, 0.1) is 0 Å². The van der Waals surface area contributed by atoms with Crippen LogP contribution >= 0.6 is 0 Å². The van der Waals surface area contributed by atoms with E-state index < -0.39 is 5.97 Å². The number of aliphatic hydroxyl groups excluding tert-OH is 1. The van der Waals surface area contributed by atoms with E-state index in [2.05, 4.69) is 4.98 Å². The Morgan fingerprint density at radius 2 is 2.05 bits per heavy atom. The van der Waals surface area contributed by atoms with Gasteiger partial charge in [-0.25, -0.2) is 9.78 Å². The van der Waals surface area contributed by atoms with Crippen molar-refractivity contribution >= 4 is 22.6 Å². The summed E-state index contributed by atoms with van der Waals surface area (Å²) in [5, 5.41) is 20.5. The highest BCUT2D eigenvalue weighted by atomic mass is 16.4. The molecular weight excluding hydrogens is 256 g/mol. The molecule has 104 valence electrons. The van der Waals surface area contributed by atoms with E-state index in [1.807, 2.05) is 23.1 Å². The Morgan fingerprint density at radius 3 is 2.75 bits per heavy atom. The van der Waals surface area contributed by atoms with E-state index in [1.165, 1.54) is 6.20 Å². The maximum absolute atomic E-state index is 11.3. The molecule has 0 bridgehead atoms. The molecule has 1 atom stereocenters. The van der Waals surface area contributed by atoms with E-state index in [9.17, 15) is 15.0 Å². The topological polar surface area (TPSA) is 73.7 Å². The third-order valence-corrected chi connectivity index (χ3v) is 3.70. The summed E-state index contributed by atoms with van der Waals surface area (Å²) in [6.45, 7) is 1.38. The zero-order chi connectivity index (χ0) is 14.1. The molecule has 2 heterocycles. The van der Waals surface area contributed by atoms with Crippen LogP contribution in [-0.4, -0.2) is 40.4 Å². The van der Waals surface area contributed by atoms with Crippen LogP contribution in [-0.2, 0) is 0 Å². The normalized spacial score (nSPS) is 19.2. The Kier molecular flexibility index (Phi) is 3.28. The Morgan fingerprint density at radius 1 is 1.30 bits per heavy atom. The first-order chi connectivity index (χ1) is 9.66. The smallest absolute Gasteiger partial charge is 0.337 e. The summed E-state index contributed by atoms with van der Waals surface area (Å²) >= 11 is 0. The number of β-amino-alcohol motifs (C(OH)–C–C–N with tert-alkyl or cyclic N) is 1. The molecule has 0 saturated carbocycles. The largest absolute Gasteiger partial charge is 0.478 e. The van der Waals surface area contributed by atoms with Crippen molar-refractivity contribution in [1.82, 2.24) is 4.98 Å². The molecule has 0 aliphatic carbocycles. The molecule has 5 nitrogen and oxygen atoms in total. The second-order valence-electron chi connectivity index (χ2n) is 5.09. The lowest BCUT2D eigenvalue weighted by molar-refractivity contribution is 0.0698. The monoisotopic (exact) mass is 272 g/mol. The summed E-state index contributed by atoms with van der Waals surface area (Å²) in [5.74, 6) is -0.219. The second-order valence-corrected chi connectivity index (χ2v) is 5.09. The third-order valence-electron chi connectivity index (χ3n) is 3.70. The minimum atomic E-state index is -0.973. The predicted molar refractivity (Wildman–Crippen MR) is 76.2 cm³/mol. The van der Waals surface area contributed by atoms with Crippen LogP contribution in [0.25, 0.3) is 10.8 Å². The Balaban J connectivity index is 2.12. The number of fused-ring (bicyclic) bond motifs is 1. The number of carboxylic acid groups (broad SMARTS) is 1. The number of rotatable bonds is 2. The van der Waals surface area contributed by atoms with Crippen LogP contribution in [0.1, 0.15) is 23.2 Å². The van der Waals surface area contributed by atoms with Crippen LogP contribution in [0.5, 0.6) is 0 Å². The number of hydrogen-bond acceptors (Lipinski definition) is 4. The SMILES string of the molecule is O=C(O)c1cnc(N2CCCC(O)C2)c2ccccc12. The first kappa shape index (κ1) is 12.9. The molecule has 0 spiro atoms. The van der Waals surface area contributed by atoms with Gasteiger partial charge >= 0.3 is 5.97 Å². The van der Waals surface area contributed by atoms with Crippen LogP contribution in [0.2, 0.25) is 0 Å². The molecule has 0 radical (unpaired) electrons. The van der Waals surface area contributed by atoms with E-state index in [0.29, 0.717) is 11.9 Å². The Labute approximate surface area is 116 Å². The molecule has 20 heavy (non-hydrogen) atoms. The molecule has 1 aromatic carbocycles. The molecule has 1 aromatic heterocycles. The van der Waals surface area contributed by atoms with Crippen molar-refractivity contribution in [3.05, 3.63) is 36.0 Å². The van der Waals surface area contributed by atoms with Gasteiger partial charge in [0.1, 0.15) is 5.82 Å². The fraction of sp³-hybridized carbons (Fsp3) is 0.333. The molecule has 1 saturated heterocycles. The van der Waals surface area contributed by atoms with Gasteiger partial charge in [-0.2, -0.15) is 0 Å². The number of aromatic nitrogens is 1. The second kappa shape index (κ2) is 5.09. The van der Waals surface area contributed by atoms with Crippen molar-refractivity contribution in [3.8, 4) is 0 Å². The summed E-state index contributed by atoms with van der Waals surface area (Å²) in [6, 6.07) is 7.37. The molecule has 5 heteroatoms. The molecule has 3 rings (SSSR count). The number of aromatic carboxylic acids is 1. The van der Waals surface area contributed by atoms with Gasteiger partial charge in [0.25, 0.3) is 0 Å². The van der Waals surface area contributed by atoms with E-state index in [-0.39, 0.29) is 11.7 Å². The first-order valence-corrected chi connectivity index (χ1v) is 6.71. The Bertz CT molecular complexity index is 657. The van der Waals surface area contributed by atoms with Gasteiger partial charge in [-0.15, -0.1) is 0 Å². The van der Waals surface area contributed by atoms with E-state index >= 15 is 0 Å². The van der Waals surface area contributed by atoms with E-state index in [1.54, 1.807) is 6.07 Å². The summed E-state index contributed by atoms with van der Waals surface area (Å²) in [6.07, 6.45) is 2.78. The van der Waals surface area contributed by atoms with E-state index in [0.717, 1.165) is 30.6 Å². The lowest BCUT2D eigenvalue weighted by atomic mass is 10.0. The minimum absolute atomic E-state index is 0.210. The van der Waals surface area contributed by atoms with Crippen molar-refractivity contribution in [3.63, 3.8) is 0 Å². The average Bonchev–Trinajstić information content (AvgIpc) is 2.46. The highest BCUT2D eigenvalue weighted by Crippen LogP contribution is 2.29. The number of hydrogen-bond donors (Lipinski definition) is 2. The summed E-state index contributed by atoms with van der Waals surface area (Å²) in [7, 11) is 0. The summed E-state index contributed by atoms with van der Waals surface area (Å²) < 4.78 is 0. The van der Waals surface area contributed by atoms with Crippen molar-refractivity contribution in [2.75, 3.05) is 18.0 Å². The van der Waals surface area contributed by atoms with Crippen molar-refractivity contribution in [1.29, 1.82) is 0 Å². The van der Waals surface area contributed by atoms with Crippen molar-refractivity contribution < 1.29 is 15.0 Å². The quantitative estimate of drug-likeness (QED) is 0.873. The van der Waals surface area contributed by atoms with E-state index in [4.69, 9.17) is 0 Å². The first-order valence-electron chi connectivity index (χ1n) is 6.71. The van der Waals surface area contributed by atoms with Gasteiger partial charge in [0.2, 0.25) is 0 Å². The third kappa shape index (κ3) is 2.20. The minimum Gasteiger partial charge on any atom is -0.478 e. The molecule has 1 unspecified atom stereocenters. The number of benzene rings is 1. The van der Waals surface area contributed by atoms with Crippen molar-refractivity contribution in [2.24, 2.45) is 0 Å². The number of pyridine rings is 1. The molecule has 1 aliphatic heterocycles. The highest BCUT2D eigenvalue weighted by Gasteiger charge is 2.21. The number of piperidine rings is 1. The average molecular weight is 272 g/mol. The molecule has 2 aromatic rings. The fourth-order valence-corrected chi connectivity index (χ4v) is 2.75. The van der Waals surface area contributed by atoms with Crippen LogP contribution < -0.4 is 4.90 Å². The summed E-state index contributed by atoms with van der Waals surface area (Å²) in [5.41, 5.74) is 0.210. The molecule has 1 fully saturated rings. The van der Waals surface area contributed by atoms with Crippen molar-refractivity contribution in [2.45, 2.75) is 18.9 Å². The lowest BCUT2D eigenvalue weighted by Gasteiger charge is -2.31. The Hall–Kier alpha value is -2.14. The maximum atomic E-state index is 11.3. The van der Waals surface area contributed by atoms with Gasteiger partial charge in [-0.3, -0.25) is 0 Å². The zero-order valence-electron chi connectivity index (χ0n) is 11.0. The van der Waals surface area contributed by atoms with Gasteiger partial charge in [0.15, 0.2) is 0 Å². The number of carbonyl (C=O) groups is 1. The lowest BCUT2D eigenvalue weighted by Crippen LogP contribution is -2.38. The highest BCUT2D eigenvalue weighted by molar-refractivity contribution is 6.06. The molecular formula is C15H16N2O3. The number of anilines is 1. The van der Waals surface area contributed by atoms with Gasteiger partial charge in [0, 0.05) is 30.1 Å². The predicted octanol–water partition coefficient (Wildman–Crippen LogP) is 1.89. The summed E-state index contributed by atoms with van der Waals surface area (Å²) in [4.78, 5) is 17.6. The van der Waals surface area contributed by atoms with Gasteiger partial charge < -0.3 is 15.1 Å². The van der Waals surface area contributed by atoms with Crippen LogP contribution in [0.3, 0.4) is 0 Å². The van der Waals surface area contributed by atoms with Gasteiger partial charge in [-0.1, -0.05) is 24.3 Å². The van der Waals surface area contributed by atoms with Gasteiger partial charge in [0.05, 0.1) is 11.7 Å².